The van der Waals surface area contributed by atoms with Gasteiger partial charge in [-0.2, -0.15) is 9.34 Å². The molecule has 0 radical (unpaired) electrons. The van der Waals surface area contributed by atoms with Gasteiger partial charge in [0.15, 0.2) is 0 Å². The first-order valence-corrected chi connectivity index (χ1v) is 11.0. The average molecular weight is 270 g/mol. The van der Waals surface area contributed by atoms with Crippen molar-refractivity contribution >= 4 is 81.9 Å². The van der Waals surface area contributed by atoms with Gasteiger partial charge in [0, 0.05) is 0 Å². The lowest BCUT2D eigenvalue weighted by molar-refractivity contribution is 0.741. The molecule has 0 spiro atoms. The van der Waals surface area contributed by atoms with Crippen molar-refractivity contribution in [3.63, 3.8) is 0 Å². The normalized spacial score (nSPS) is 13.8. The van der Waals surface area contributed by atoms with Gasteiger partial charge in [-0.05, 0) is 0 Å². The van der Waals surface area contributed by atoms with E-state index in [1.54, 1.807) is 0 Å². The molecule has 0 saturated heterocycles. The quantitative estimate of drug-likeness (QED) is 0.550. The summed E-state index contributed by atoms with van der Waals surface area (Å²) in [6.07, 6.45) is 0. The van der Waals surface area contributed by atoms with Crippen LogP contribution < -0.4 is 0 Å². The molecule has 56 valence electrons. The molecule has 0 heterocycles. The average Bonchev–Trinajstić information content (AvgIpc) is 1.14. The highest BCUT2D eigenvalue weighted by Gasteiger charge is 1.79. The Morgan fingerprint density at radius 3 is 1.11 bits per heavy atom. The van der Waals surface area contributed by atoms with Gasteiger partial charge >= 0.3 is 0 Å². The molecule has 0 atom stereocenters. The van der Waals surface area contributed by atoms with E-state index in [1.165, 1.54) is 0 Å². The molecular formula is OP2S6-4. The summed E-state index contributed by atoms with van der Waals surface area (Å²) in [6, 6.07) is 0. The fourth-order valence-electron chi connectivity index (χ4n) is 0.122. The molecule has 0 amide bonds. The summed E-state index contributed by atoms with van der Waals surface area (Å²) >= 11 is 27.5. The molecule has 0 unspecified atom stereocenters. The largest absolute Gasteiger partial charge is 0.743 e. The minimum atomic E-state index is -2.55. The van der Waals surface area contributed by atoms with Crippen LogP contribution in [0.5, 0.6) is 0 Å². The van der Waals surface area contributed by atoms with E-state index in [2.05, 4.69) is 72.6 Å². The Kier molecular flexibility index (Phi) is 5.26. The lowest BCUT2D eigenvalue weighted by atomic mass is 15.9. The lowest BCUT2D eigenvalue weighted by Gasteiger charge is -2.49. The third-order valence-electron chi connectivity index (χ3n) is 0.200. The minimum absolute atomic E-state index is 2.55. The molecule has 0 bridgehead atoms. The van der Waals surface area contributed by atoms with Crippen LogP contribution >= 0.6 is 9.34 Å². The number of hydrogen-bond donors (Lipinski definition) is 0. The fourth-order valence-corrected chi connectivity index (χ4v) is 9.92. The summed E-state index contributed by atoms with van der Waals surface area (Å²) in [7, 11) is 0. The van der Waals surface area contributed by atoms with Gasteiger partial charge in [0.1, 0.15) is 0 Å². The Bertz CT molecular complexity index is 151. The van der Waals surface area contributed by atoms with Gasteiger partial charge in [-0.15, -0.1) is 23.6 Å². The van der Waals surface area contributed by atoms with Gasteiger partial charge in [0.05, 0.1) is 0 Å². The first kappa shape index (κ1) is 11.7. The maximum Gasteiger partial charge on any atom is -0.121 e. The van der Waals surface area contributed by atoms with Crippen molar-refractivity contribution < 1.29 is 4.31 Å². The monoisotopic (exact) mass is 270 g/mol. The van der Waals surface area contributed by atoms with Crippen LogP contribution in [0.15, 0.2) is 0 Å². The standard InChI is InChI=1S/H4OP2S6/c4-2(5,6)1-3(7,8)9/h(H2,4,5,6)(H2,7,8,9)/p-4. The van der Waals surface area contributed by atoms with Crippen LogP contribution in [-0.2, 0) is 76.9 Å². The molecular weight excluding hydrogens is 270 g/mol. The topological polar surface area (TPSA) is 9.23 Å². The second kappa shape index (κ2) is 4.06. The molecule has 0 aromatic carbocycles. The predicted octanol–water partition coefficient (Wildman–Crippen LogP) is 1.64. The van der Waals surface area contributed by atoms with Crippen molar-refractivity contribution in [1.82, 2.24) is 0 Å². The molecule has 0 aromatic rings. The molecule has 9 heteroatoms. The van der Waals surface area contributed by atoms with Gasteiger partial charge in [0.2, 0.25) is 0 Å². The van der Waals surface area contributed by atoms with Crippen LogP contribution in [0, 0.1) is 0 Å². The van der Waals surface area contributed by atoms with E-state index in [0.29, 0.717) is 0 Å². The third kappa shape index (κ3) is 10.7. The Morgan fingerprint density at radius 1 is 0.889 bits per heavy atom. The van der Waals surface area contributed by atoms with Crippen molar-refractivity contribution in [2.75, 3.05) is 0 Å². The highest BCUT2D eigenvalue weighted by Crippen LogP contribution is 2.59. The van der Waals surface area contributed by atoms with Crippen molar-refractivity contribution in [3.05, 3.63) is 0 Å². The summed E-state index contributed by atoms with van der Waals surface area (Å²) in [5.74, 6) is 0. The van der Waals surface area contributed by atoms with E-state index in [-0.39, 0.29) is 0 Å². The van der Waals surface area contributed by atoms with Crippen LogP contribution in [0.4, 0.5) is 0 Å². The maximum absolute atomic E-state index is 4.74. The predicted molar refractivity (Wildman–Crippen MR) is 59.1 cm³/mol. The molecule has 1 nitrogen and oxygen atoms in total. The Hall–Kier alpha value is 2.66. The van der Waals surface area contributed by atoms with Crippen LogP contribution in [0.2, 0.25) is 0 Å². The van der Waals surface area contributed by atoms with Gasteiger partial charge < -0.3 is 53.3 Å². The van der Waals surface area contributed by atoms with Crippen molar-refractivity contribution in [2.24, 2.45) is 0 Å². The highest BCUT2D eigenvalue weighted by atomic mass is 33.2. The Labute approximate surface area is 85.5 Å². The SMILES string of the molecule is S=P([S-])([S-])OP(=S)([S-])[S-]. The molecule has 0 aliphatic heterocycles. The smallest absolute Gasteiger partial charge is 0.121 e. The zero-order chi connectivity index (χ0) is 7.71. The summed E-state index contributed by atoms with van der Waals surface area (Å²) in [5.41, 5.74) is 0. The van der Waals surface area contributed by atoms with E-state index >= 15 is 0 Å². The van der Waals surface area contributed by atoms with Crippen LogP contribution in [0.1, 0.15) is 0 Å². The van der Waals surface area contributed by atoms with Crippen molar-refractivity contribution in [3.8, 4) is 0 Å². The van der Waals surface area contributed by atoms with Gasteiger partial charge in [0.25, 0.3) is 0 Å². The van der Waals surface area contributed by atoms with E-state index in [9.17, 15) is 0 Å². The van der Waals surface area contributed by atoms with Gasteiger partial charge in [-0.1, -0.05) is 0 Å². The molecule has 0 aliphatic carbocycles. The molecule has 0 N–H and O–H groups in total. The van der Waals surface area contributed by atoms with E-state index in [1.807, 2.05) is 0 Å². The summed E-state index contributed by atoms with van der Waals surface area (Å²) in [4.78, 5) is 0. The third-order valence-corrected chi connectivity index (χ3v) is 5.40. The molecule has 9 heavy (non-hydrogen) atoms. The van der Waals surface area contributed by atoms with Crippen LogP contribution in [0.25, 0.3) is 0 Å². The summed E-state index contributed by atoms with van der Waals surface area (Å²) < 4.78 is -0.365. The first-order valence-electron chi connectivity index (χ1n) is 1.46. The van der Waals surface area contributed by atoms with Crippen molar-refractivity contribution in [1.29, 1.82) is 0 Å². The van der Waals surface area contributed by atoms with Crippen LogP contribution in [0.3, 0.4) is 0 Å². The molecule has 0 fully saturated rings. The first-order chi connectivity index (χ1) is 3.71. The van der Waals surface area contributed by atoms with E-state index < -0.39 is 9.34 Å². The lowest BCUT2D eigenvalue weighted by Crippen LogP contribution is -1.75. The van der Waals surface area contributed by atoms with E-state index in [4.69, 9.17) is 4.31 Å². The number of hydrogen-bond acceptors (Lipinski definition) is 7. The van der Waals surface area contributed by atoms with Crippen molar-refractivity contribution in [2.45, 2.75) is 0 Å². The molecule has 0 aromatic heterocycles. The number of rotatable bonds is 2. The molecule has 0 rings (SSSR count). The summed E-state index contributed by atoms with van der Waals surface area (Å²) in [5, 5.41) is 0. The zero-order valence-corrected chi connectivity index (χ0v) is 10.4. The molecule has 0 aliphatic rings. The van der Waals surface area contributed by atoms with Gasteiger partial charge in [-0.25, -0.2) is 0 Å². The zero-order valence-electron chi connectivity index (χ0n) is 3.75. The fraction of sp³-hybridized carbons (Fsp3) is 0. The van der Waals surface area contributed by atoms with E-state index in [0.717, 1.165) is 0 Å². The highest BCUT2D eigenvalue weighted by molar-refractivity contribution is 8.86. The maximum atomic E-state index is 4.74. The Morgan fingerprint density at radius 2 is 1.11 bits per heavy atom. The van der Waals surface area contributed by atoms with Gasteiger partial charge in [-0.3, -0.25) is 0 Å². The Balaban J connectivity index is 4.07. The molecule has 0 saturated carbocycles. The summed E-state index contributed by atoms with van der Waals surface area (Å²) in [6.45, 7) is 0. The van der Waals surface area contributed by atoms with Crippen LogP contribution in [-0.4, -0.2) is 0 Å². The minimum Gasteiger partial charge on any atom is -0.743 e. The second-order valence-corrected chi connectivity index (χ2v) is 16.8. The second-order valence-electron chi connectivity index (χ2n) is 0.976.